The minimum absolute atomic E-state index is 0.0764. The monoisotopic (exact) mass is 418 g/mol. The van der Waals surface area contributed by atoms with E-state index in [2.05, 4.69) is 5.32 Å². The average molecular weight is 418 g/mol. The third-order valence-corrected chi connectivity index (χ3v) is 5.96. The number of amides is 2. The van der Waals surface area contributed by atoms with Crippen molar-refractivity contribution < 1.29 is 9.59 Å². The van der Waals surface area contributed by atoms with Gasteiger partial charge >= 0.3 is 0 Å². The molecule has 1 atom stereocenters. The van der Waals surface area contributed by atoms with Crippen molar-refractivity contribution in [2.45, 2.75) is 26.7 Å². The van der Waals surface area contributed by atoms with Gasteiger partial charge in [-0.1, -0.05) is 43.3 Å². The number of rotatable bonds is 5. The zero-order valence-electron chi connectivity index (χ0n) is 18.0. The van der Waals surface area contributed by atoms with Crippen molar-refractivity contribution >= 4 is 23.2 Å². The summed E-state index contributed by atoms with van der Waals surface area (Å²) in [5, 5.41) is 2.80. The zero-order chi connectivity index (χ0) is 22.1. The fraction of sp³-hybridized carbons (Fsp3) is 0.292. The van der Waals surface area contributed by atoms with Crippen molar-refractivity contribution in [1.82, 2.24) is 9.36 Å². The molecular weight excluding hydrogens is 392 g/mol. The molecule has 1 unspecified atom stereocenters. The molecule has 0 saturated carbocycles. The predicted molar refractivity (Wildman–Crippen MR) is 121 cm³/mol. The van der Waals surface area contributed by atoms with E-state index in [-0.39, 0.29) is 29.5 Å². The second-order valence-corrected chi connectivity index (χ2v) is 7.81. The van der Waals surface area contributed by atoms with Gasteiger partial charge in [-0.05, 0) is 37.1 Å². The van der Waals surface area contributed by atoms with Crippen LogP contribution >= 0.6 is 0 Å². The van der Waals surface area contributed by atoms with Gasteiger partial charge in [0.1, 0.15) is 5.69 Å². The highest BCUT2D eigenvalue weighted by molar-refractivity contribution is 6.04. The lowest BCUT2D eigenvalue weighted by molar-refractivity contribution is -0.122. The lowest BCUT2D eigenvalue weighted by Crippen LogP contribution is -2.30. The van der Waals surface area contributed by atoms with Crippen LogP contribution in [-0.2, 0) is 23.1 Å². The molecule has 1 aliphatic rings. The highest BCUT2D eigenvalue weighted by atomic mass is 16.2. The molecule has 1 aromatic heterocycles. The first-order valence-electron chi connectivity index (χ1n) is 10.5. The Balaban J connectivity index is 1.57. The lowest BCUT2D eigenvalue weighted by atomic mass is 10.1. The van der Waals surface area contributed by atoms with Crippen LogP contribution < -0.4 is 15.8 Å². The molecule has 0 radical (unpaired) electrons. The molecule has 31 heavy (non-hydrogen) atoms. The predicted octanol–water partition coefficient (Wildman–Crippen LogP) is 3.04. The van der Waals surface area contributed by atoms with E-state index >= 15 is 0 Å². The number of hydrogen-bond donors (Lipinski definition) is 1. The standard InChI is InChI=1S/C24H26N4O3/c1-4-17-10-8-9-13-20(17)27-15-18(14-21(27)29)23(30)25-22-16(2)26(3)28(24(22)31)19-11-6-5-7-12-19/h5-13,18H,4,14-15H2,1-3H3,(H,25,30). The molecule has 0 aliphatic carbocycles. The van der Waals surface area contributed by atoms with Gasteiger partial charge in [0.05, 0.1) is 17.3 Å². The number of nitrogens with zero attached hydrogens (tertiary/aromatic N) is 3. The second-order valence-electron chi connectivity index (χ2n) is 7.81. The van der Waals surface area contributed by atoms with Gasteiger partial charge in [0, 0.05) is 25.7 Å². The Bertz CT molecular complexity index is 1190. The van der Waals surface area contributed by atoms with Crippen LogP contribution in [0.1, 0.15) is 24.6 Å². The molecule has 3 aromatic rings. The second kappa shape index (κ2) is 8.26. The molecule has 1 N–H and O–H groups in total. The number of aromatic nitrogens is 2. The van der Waals surface area contributed by atoms with Crippen LogP contribution in [0.5, 0.6) is 0 Å². The number of carbonyl (C=O) groups excluding carboxylic acids is 2. The SMILES string of the molecule is CCc1ccccc1N1CC(C(=O)Nc2c(C)n(C)n(-c3ccccc3)c2=O)CC1=O. The molecule has 7 nitrogen and oxygen atoms in total. The zero-order valence-corrected chi connectivity index (χ0v) is 18.0. The molecule has 0 spiro atoms. The normalized spacial score (nSPS) is 16.0. The molecular formula is C24H26N4O3. The number of nitrogens with one attached hydrogen (secondary N) is 1. The first-order valence-corrected chi connectivity index (χ1v) is 10.5. The number of hydrogen-bond acceptors (Lipinski definition) is 3. The Labute approximate surface area is 180 Å². The number of para-hydroxylation sites is 2. The molecule has 160 valence electrons. The summed E-state index contributed by atoms with van der Waals surface area (Å²) in [6.45, 7) is 4.14. The van der Waals surface area contributed by atoms with Crippen LogP contribution in [0.25, 0.3) is 5.69 Å². The van der Waals surface area contributed by atoms with E-state index in [1.54, 1.807) is 23.6 Å². The first kappa shape index (κ1) is 20.7. The van der Waals surface area contributed by atoms with Gasteiger partial charge < -0.3 is 10.2 Å². The summed E-state index contributed by atoms with van der Waals surface area (Å²) in [5.74, 6) is -0.898. The topological polar surface area (TPSA) is 76.3 Å². The molecule has 7 heteroatoms. The minimum atomic E-state index is -0.512. The van der Waals surface area contributed by atoms with Crippen molar-refractivity contribution in [2.24, 2.45) is 13.0 Å². The van der Waals surface area contributed by atoms with E-state index in [0.717, 1.165) is 23.4 Å². The summed E-state index contributed by atoms with van der Waals surface area (Å²) in [5.41, 5.74) is 3.25. The van der Waals surface area contributed by atoms with Gasteiger partial charge in [0.2, 0.25) is 11.8 Å². The summed E-state index contributed by atoms with van der Waals surface area (Å²) in [6, 6.07) is 17.0. The molecule has 4 rings (SSSR count). The molecule has 1 fully saturated rings. The lowest BCUT2D eigenvalue weighted by Gasteiger charge is -2.19. The van der Waals surface area contributed by atoms with Crippen molar-refractivity contribution in [1.29, 1.82) is 0 Å². The summed E-state index contributed by atoms with van der Waals surface area (Å²) in [6.07, 6.45) is 0.932. The Hall–Kier alpha value is -3.61. The molecule has 1 aliphatic heterocycles. The Morgan fingerprint density at radius 3 is 2.45 bits per heavy atom. The Morgan fingerprint density at radius 2 is 1.74 bits per heavy atom. The largest absolute Gasteiger partial charge is 0.320 e. The minimum Gasteiger partial charge on any atom is -0.320 e. The maximum absolute atomic E-state index is 13.0. The molecule has 2 aromatic carbocycles. The van der Waals surface area contributed by atoms with Crippen molar-refractivity contribution in [2.75, 3.05) is 16.8 Å². The molecule has 0 bridgehead atoms. The maximum atomic E-state index is 13.0. The summed E-state index contributed by atoms with van der Waals surface area (Å²) >= 11 is 0. The van der Waals surface area contributed by atoms with Crippen LogP contribution in [0.2, 0.25) is 0 Å². The summed E-state index contributed by atoms with van der Waals surface area (Å²) in [7, 11) is 1.78. The van der Waals surface area contributed by atoms with E-state index in [1.165, 1.54) is 4.68 Å². The van der Waals surface area contributed by atoms with Gasteiger partial charge in [-0.15, -0.1) is 0 Å². The van der Waals surface area contributed by atoms with Crippen molar-refractivity contribution in [3.63, 3.8) is 0 Å². The van der Waals surface area contributed by atoms with Gasteiger partial charge in [0.25, 0.3) is 5.56 Å². The maximum Gasteiger partial charge on any atom is 0.295 e. The third kappa shape index (κ3) is 3.67. The summed E-state index contributed by atoms with van der Waals surface area (Å²) < 4.78 is 3.24. The van der Waals surface area contributed by atoms with Crippen LogP contribution in [0.15, 0.2) is 59.4 Å². The number of benzene rings is 2. The fourth-order valence-electron chi connectivity index (χ4n) is 4.13. The van der Waals surface area contributed by atoms with Crippen LogP contribution in [0.4, 0.5) is 11.4 Å². The van der Waals surface area contributed by atoms with Crippen LogP contribution in [0, 0.1) is 12.8 Å². The number of carbonyl (C=O) groups is 2. The Morgan fingerprint density at radius 1 is 1.06 bits per heavy atom. The summed E-state index contributed by atoms with van der Waals surface area (Å²) in [4.78, 5) is 40.4. The van der Waals surface area contributed by atoms with Crippen molar-refractivity contribution in [3.8, 4) is 5.69 Å². The molecule has 2 heterocycles. The van der Waals surface area contributed by atoms with Crippen LogP contribution in [0.3, 0.4) is 0 Å². The quantitative estimate of drug-likeness (QED) is 0.692. The molecule has 1 saturated heterocycles. The number of anilines is 2. The van der Waals surface area contributed by atoms with Gasteiger partial charge in [-0.2, -0.15) is 0 Å². The van der Waals surface area contributed by atoms with E-state index < -0.39 is 5.92 Å². The van der Waals surface area contributed by atoms with Gasteiger partial charge in [-0.25, -0.2) is 4.68 Å². The third-order valence-electron chi connectivity index (χ3n) is 5.96. The van der Waals surface area contributed by atoms with Gasteiger partial charge in [0.15, 0.2) is 0 Å². The van der Waals surface area contributed by atoms with E-state index in [0.29, 0.717) is 12.2 Å². The van der Waals surface area contributed by atoms with Crippen molar-refractivity contribution in [3.05, 3.63) is 76.2 Å². The molecule has 2 amide bonds. The van der Waals surface area contributed by atoms with E-state index in [9.17, 15) is 14.4 Å². The first-order chi connectivity index (χ1) is 14.9. The number of aryl methyl sites for hydroxylation is 1. The Kier molecular flexibility index (Phi) is 5.50. The highest BCUT2D eigenvalue weighted by Gasteiger charge is 2.36. The van der Waals surface area contributed by atoms with E-state index in [4.69, 9.17) is 0 Å². The van der Waals surface area contributed by atoms with E-state index in [1.807, 2.05) is 61.5 Å². The van der Waals surface area contributed by atoms with Crippen LogP contribution in [-0.4, -0.2) is 27.7 Å². The fourth-order valence-corrected chi connectivity index (χ4v) is 4.13. The average Bonchev–Trinajstić information content (AvgIpc) is 3.27. The highest BCUT2D eigenvalue weighted by Crippen LogP contribution is 2.29. The smallest absolute Gasteiger partial charge is 0.295 e. The van der Waals surface area contributed by atoms with Gasteiger partial charge in [-0.3, -0.25) is 19.1 Å².